The van der Waals surface area contributed by atoms with Gasteiger partial charge in [0, 0.05) is 6.08 Å². The highest BCUT2D eigenvalue weighted by Crippen LogP contribution is 1.95. The average molecular weight is 117 g/mol. The Labute approximate surface area is 53.1 Å². The van der Waals surface area contributed by atoms with Crippen LogP contribution in [0.5, 0.6) is 0 Å². The summed E-state index contributed by atoms with van der Waals surface area (Å²) in [6, 6.07) is 5.15. The summed E-state index contributed by atoms with van der Waals surface area (Å²) < 4.78 is 0. The molecule has 0 saturated carbocycles. The molecule has 0 spiro atoms. The normalized spacial score (nSPS) is 8.78. The molecule has 0 amide bonds. The summed E-state index contributed by atoms with van der Waals surface area (Å²) in [4.78, 5) is 0. The van der Waals surface area contributed by atoms with Crippen molar-refractivity contribution < 1.29 is 0 Å². The van der Waals surface area contributed by atoms with Gasteiger partial charge in [-0.1, -0.05) is 0 Å². The Balaban J connectivity index is 4.11. The molecule has 0 saturated heterocycles. The van der Waals surface area contributed by atoms with Crippen LogP contribution in [0.4, 0.5) is 0 Å². The van der Waals surface area contributed by atoms with Crippen molar-refractivity contribution >= 4 is 0 Å². The van der Waals surface area contributed by atoms with Gasteiger partial charge in [-0.2, -0.15) is 15.8 Å². The zero-order chi connectivity index (χ0) is 7.11. The van der Waals surface area contributed by atoms with Crippen LogP contribution in [-0.2, 0) is 0 Å². The molecule has 0 aromatic rings. The number of hydrogen-bond donors (Lipinski definition) is 0. The molecule has 0 N–H and O–H groups in total. The summed E-state index contributed by atoms with van der Waals surface area (Å²) in [5.74, 6) is 0. The van der Waals surface area contributed by atoms with E-state index in [1.165, 1.54) is 0 Å². The molecule has 9 heavy (non-hydrogen) atoms. The summed E-state index contributed by atoms with van der Waals surface area (Å²) >= 11 is 0. The van der Waals surface area contributed by atoms with Gasteiger partial charge >= 0.3 is 0 Å². The van der Waals surface area contributed by atoms with Gasteiger partial charge in [-0.3, -0.25) is 0 Å². The maximum Gasteiger partial charge on any atom is 0.0965 e. The van der Waals surface area contributed by atoms with E-state index < -0.39 is 0 Å². The lowest BCUT2D eigenvalue weighted by molar-refractivity contribution is 1.27. The molecule has 0 aliphatic rings. The van der Waals surface area contributed by atoms with Gasteiger partial charge in [0.05, 0.1) is 30.2 Å². The second-order valence-electron chi connectivity index (χ2n) is 1.25. The summed E-state index contributed by atoms with van der Waals surface area (Å²) in [6.45, 7) is 0. The van der Waals surface area contributed by atoms with E-state index >= 15 is 0 Å². The van der Waals surface area contributed by atoms with E-state index in [4.69, 9.17) is 15.8 Å². The Morgan fingerprint density at radius 3 is 2.33 bits per heavy atom. The minimum atomic E-state index is 0.0179. The molecular weight excluding hydrogens is 114 g/mol. The summed E-state index contributed by atoms with van der Waals surface area (Å²) in [7, 11) is 0. The van der Waals surface area contributed by atoms with Gasteiger partial charge in [0.15, 0.2) is 0 Å². The third-order valence-corrected chi connectivity index (χ3v) is 0.652. The molecule has 0 aliphatic carbocycles. The van der Waals surface area contributed by atoms with Crippen LogP contribution in [0.3, 0.4) is 0 Å². The van der Waals surface area contributed by atoms with Crippen LogP contribution in [0.15, 0.2) is 11.6 Å². The number of nitrogens with zero attached hydrogens (tertiary/aromatic N) is 3. The molecule has 0 radical (unpaired) electrons. The first-order chi connectivity index (χ1) is 4.35. The zero-order valence-electron chi connectivity index (χ0n) is 4.63. The van der Waals surface area contributed by atoms with E-state index in [0.717, 1.165) is 6.08 Å². The Kier molecular flexibility index (Phi) is 3.50. The fraction of sp³-hybridized carbons (Fsp3) is 0.167. The second kappa shape index (κ2) is 4.37. The van der Waals surface area contributed by atoms with Gasteiger partial charge in [0.2, 0.25) is 0 Å². The molecule has 3 nitrogen and oxygen atoms in total. The van der Waals surface area contributed by atoms with Crippen LogP contribution in [-0.4, -0.2) is 0 Å². The van der Waals surface area contributed by atoms with Gasteiger partial charge in [-0.15, -0.1) is 0 Å². The molecule has 0 aromatic heterocycles. The van der Waals surface area contributed by atoms with Gasteiger partial charge in [0.1, 0.15) is 0 Å². The first-order valence-electron chi connectivity index (χ1n) is 2.21. The van der Waals surface area contributed by atoms with Crippen LogP contribution < -0.4 is 0 Å². The lowest BCUT2D eigenvalue weighted by Crippen LogP contribution is -1.72. The van der Waals surface area contributed by atoms with E-state index in [-0.39, 0.29) is 12.0 Å². The molecular formula is C6H3N3. The van der Waals surface area contributed by atoms with Crippen molar-refractivity contribution in [1.82, 2.24) is 0 Å². The largest absolute Gasteiger partial charge is 0.198 e. The second-order valence-corrected chi connectivity index (χ2v) is 1.25. The molecule has 3 heteroatoms. The lowest BCUT2D eigenvalue weighted by atomic mass is 10.2. The van der Waals surface area contributed by atoms with Gasteiger partial charge in [-0.25, -0.2) is 0 Å². The minimum absolute atomic E-state index is 0.0179. The fourth-order valence-corrected chi connectivity index (χ4v) is 0.286. The molecule has 0 fully saturated rings. The minimum Gasteiger partial charge on any atom is -0.198 e. The number of rotatable bonds is 1. The number of hydrogen-bond acceptors (Lipinski definition) is 3. The van der Waals surface area contributed by atoms with E-state index in [2.05, 4.69) is 0 Å². The predicted octanol–water partition coefficient (Wildman–Crippen LogP) is 0.874. The van der Waals surface area contributed by atoms with Crippen molar-refractivity contribution in [1.29, 1.82) is 15.8 Å². The van der Waals surface area contributed by atoms with Gasteiger partial charge in [0.25, 0.3) is 0 Å². The summed E-state index contributed by atoms with van der Waals surface area (Å²) in [6.07, 6.45) is 1.09. The highest BCUT2D eigenvalue weighted by molar-refractivity contribution is 5.28. The third kappa shape index (κ3) is 2.85. The Morgan fingerprint density at radius 2 is 2.00 bits per heavy atom. The first-order valence-corrected chi connectivity index (χ1v) is 2.21. The monoisotopic (exact) mass is 117 g/mol. The van der Waals surface area contributed by atoms with E-state index in [9.17, 15) is 0 Å². The van der Waals surface area contributed by atoms with E-state index in [1.807, 2.05) is 0 Å². The highest BCUT2D eigenvalue weighted by atomic mass is 14.3. The Morgan fingerprint density at radius 1 is 1.33 bits per heavy atom. The number of allylic oxidation sites excluding steroid dienone is 2. The van der Waals surface area contributed by atoms with Crippen LogP contribution in [0.25, 0.3) is 0 Å². The molecule has 42 valence electrons. The van der Waals surface area contributed by atoms with Crippen LogP contribution >= 0.6 is 0 Å². The molecule has 0 aliphatic heterocycles. The lowest BCUT2D eigenvalue weighted by Gasteiger charge is -1.77. The standard InChI is InChI=1S/C6H3N3/c7-3-1-6(5-9)2-4-8/h1H,2H2/b6-1+. The molecule has 0 rings (SSSR count). The third-order valence-electron chi connectivity index (χ3n) is 0.652. The zero-order valence-corrected chi connectivity index (χ0v) is 4.63. The first kappa shape index (κ1) is 7.21. The Bertz CT molecular complexity index is 230. The molecule has 0 unspecified atom stereocenters. The SMILES string of the molecule is N#C/C=C(/C#N)CC#N. The van der Waals surface area contributed by atoms with Crippen molar-refractivity contribution in [3.05, 3.63) is 11.6 Å². The molecule has 0 bridgehead atoms. The molecule has 0 atom stereocenters. The van der Waals surface area contributed by atoms with Crippen LogP contribution in [0.1, 0.15) is 6.42 Å². The van der Waals surface area contributed by atoms with Crippen molar-refractivity contribution in [2.24, 2.45) is 0 Å². The topological polar surface area (TPSA) is 71.4 Å². The van der Waals surface area contributed by atoms with Gasteiger partial charge in [-0.05, 0) is 0 Å². The molecule has 0 heterocycles. The quantitative estimate of drug-likeness (QED) is 0.478. The van der Waals surface area contributed by atoms with E-state index in [1.54, 1.807) is 18.2 Å². The Hall–Kier alpha value is -1.79. The maximum atomic E-state index is 8.17. The predicted molar refractivity (Wildman–Crippen MR) is 29.5 cm³/mol. The number of nitriles is 3. The van der Waals surface area contributed by atoms with Gasteiger partial charge < -0.3 is 0 Å². The fourth-order valence-electron chi connectivity index (χ4n) is 0.286. The average Bonchev–Trinajstić information content (AvgIpc) is 1.88. The van der Waals surface area contributed by atoms with Crippen molar-refractivity contribution in [3.63, 3.8) is 0 Å². The van der Waals surface area contributed by atoms with Crippen LogP contribution in [0.2, 0.25) is 0 Å². The van der Waals surface area contributed by atoms with Crippen molar-refractivity contribution in [2.45, 2.75) is 6.42 Å². The molecule has 0 aromatic carbocycles. The summed E-state index contributed by atoms with van der Waals surface area (Å²) in [5.41, 5.74) is 0.208. The smallest absolute Gasteiger partial charge is 0.0965 e. The van der Waals surface area contributed by atoms with Crippen molar-refractivity contribution in [3.8, 4) is 18.2 Å². The van der Waals surface area contributed by atoms with Crippen molar-refractivity contribution in [2.75, 3.05) is 0 Å². The van der Waals surface area contributed by atoms with E-state index in [0.29, 0.717) is 0 Å². The maximum absolute atomic E-state index is 8.17. The van der Waals surface area contributed by atoms with Crippen LogP contribution in [0, 0.1) is 34.0 Å². The summed E-state index contributed by atoms with van der Waals surface area (Å²) in [5, 5.41) is 24.2. The highest BCUT2D eigenvalue weighted by Gasteiger charge is 1.89.